The number of rotatable bonds is 3. The van der Waals surface area contributed by atoms with Crippen LogP contribution in [0.4, 0.5) is 18.9 Å². The van der Waals surface area contributed by atoms with Gasteiger partial charge in [0, 0.05) is 22.4 Å². The molecule has 0 amide bonds. The molecule has 2 N–H and O–H groups in total. The van der Waals surface area contributed by atoms with Crippen LogP contribution in [0.2, 0.25) is 0 Å². The molecule has 0 radical (unpaired) electrons. The number of benzene rings is 2. The largest absolute Gasteiger partial charge is 0.399 e. The van der Waals surface area contributed by atoms with Crippen LogP contribution in [-0.2, 0) is 5.75 Å². The molecule has 2 rings (SSSR count). The lowest BCUT2D eigenvalue weighted by atomic mass is 10.2. The summed E-state index contributed by atoms with van der Waals surface area (Å²) in [4.78, 5) is 0.397. The summed E-state index contributed by atoms with van der Waals surface area (Å²) < 4.78 is 39.4. The first-order chi connectivity index (χ1) is 8.54. The number of hydrogen-bond acceptors (Lipinski definition) is 2. The van der Waals surface area contributed by atoms with Gasteiger partial charge in [0.1, 0.15) is 17.5 Å². The molecule has 0 heterocycles. The summed E-state index contributed by atoms with van der Waals surface area (Å²) in [5, 5.41) is 0. The molecule has 5 heteroatoms. The fourth-order valence-electron chi connectivity index (χ4n) is 1.49. The Labute approximate surface area is 107 Å². The molecular formula is C13H10F3NS. The maximum Gasteiger partial charge on any atom is 0.138 e. The van der Waals surface area contributed by atoms with Crippen LogP contribution in [0.15, 0.2) is 41.3 Å². The lowest BCUT2D eigenvalue weighted by Crippen LogP contribution is -1.90. The Bertz CT molecular complexity index is 552. The number of anilines is 1. The second kappa shape index (κ2) is 5.35. The van der Waals surface area contributed by atoms with Crippen LogP contribution in [0.25, 0.3) is 0 Å². The van der Waals surface area contributed by atoms with Crippen molar-refractivity contribution < 1.29 is 13.2 Å². The zero-order chi connectivity index (χ0) is 13.1. The Hall–Kier alpha value is -1.62. The number of halogens is 3. The van der Waals surface area contributed by atoms with E-state index in [1.54, 1.807) is 12.1 Å². The van der Waals surface area contributed by atoms with E-state index in [4.69, 9.17) is 5.73 Å². The van der Waals surface area contributed by atoms with Gasteiger partial charge in [0.2, 0.25) is 0 Å². The molecule has 0 fully saturated rings. The van der Waals surface area contributed by atoms with Crippen LogP contribution in [0.5, 0.6) is 0 Å². The van der Waals surface area contributed by atoms with E-state index >= 15 is 0 Å². The summed E-state index contributed by atoms with van der Waals surface area (Å²) in [5.41, 5.74) is 6.23. The maximum absolute atomic E-state index is 13.5. The van der Waals surface area contributed by atoms with E-state index in [2.05, 4.69) is 0 Å². The Morgan fingerprint density at radius 2 is 1.61 bits per heavy atom. The fraction of sp³-hybridized carbons (Fsp3) is 0.0769. The van der Waals surface area contributed by atoms with Crippen LogP contribution >= 0.6 is 11.8 Å². The lowest BCUT2D eigenvalue weighted by molar-refractivity contribution is 0.581. The van der Waals surface area contributed by atoms with Crippen LogP contribution in [0.1, 0.15) is 5.56 Å². The molecule has 0 unspecified atom stereocenters. The zero-order valence-corrected chi connectivity index (χ0v) is 10.1. The summed E-state index contributed by atoms with van der Waals surface area (Å²) in [5.74, 6) is -1.42. The highest BCUT2D eigenvalue weighted by Crippen LogP contribution is 2.27. The topological polar surface area (TPSA) is 26.0 Å². The normalized spacial score (nSPS) is 10.6. The minimum absolute atomic E-state index is 0.287. The molecule has 0 aliphatic rings. The third-order valence-corrected chi connectivity index (χ3v) is 3.39. The summed E-state index contributed by atoms with van der Waals surface area (Å²) in [6.45, 7) is 0. The van der Waals surface area contributed by atoms with Crippen LogP contribution < -0.4 is 5.73 Å². The van der Waals surface area contributed by atoms with Crippen molar-refractivity contribution in [2.24, 2.45) is 0 Å². The van der Waals surface area contributed by atoms with Gasteiger partial charge in [-0.05, 0) is 35.9 Å². The van der Waals surface area contributed by atoms with Gasteiger partial charge in [-0.3, -0.25) is 0 Å². The maximum atomic E-state index is 13.5. The van der Waals surface area contributed by atoms with Gasteiger partial charge in [-0.25, -0.2) is 13.2 Å². The van der Waals surface area contributed by atoms with E-state index in [1.165, 1.54) is 18.2 Å². The monoisotopic (exact) mass is 269 g/mol. The van der Waals surface area contributed by atoms with Crippen molar-refractivity contribution in [3.05, 3.63) is 59.4 Å². The lowest BCUT2D eigenvalue weighted by Gasteiger charge is -2.05. The summed E-state index contributed by atoms with van der Waals surface area (Å²) >= 11 is 1.16. The van der Waals surface area contributed by atoms with E-state index in [0.29, 0.717) is 16.1 Å². The van der Waals surface area contributed by atoms with Gasteiger partial charge in [0.15, 0.2) is 0 Å². The first-order valence-electron chi connectivity index (χ1n) is 5.17. The third kappa shape index (κ3) is 3.20. The predicted molar refractivity (Wildman–Crippen MR) is 66.7 cm³/mol. The molecule has 2 aromatic rings. The second-order valence-corrected chi connectivity index (χ2v) is 4.77. The Kier molecular flexibility index (Phi) is 3.81. The molecule has 0 saturated carbocycles. The molecule has 94 valence electrons. The summed E-state index contributed by atoms with van der Waals surface area (Å²) in [6, 6.07) is 7.60. The molecular weight excluding hydrogens is 259 g/mol. The molecule has 0 saturated heterocycles. The minimum atomic E-state index is -0.636. The predicted octanol–water partition coefficient (Wildman–Crippen LogP) is 3.98. The number of thioether (sulfide) groups is 1. The van der Waals surface area contributed by atoms with Gasteiger partial charge in [-0.1, -0.05) is 0 Å². The van der Waals surface area contributed by atoms with Crippen molar-refractivity contribution in [2.45, 2.75) is 10.6 Å². The number of hydrogen-bond donors (Lipinski definition) is 1. The van der Waals surface area contributed by atoms with Gasteiger partial charge in [-0.2, -0.15) is 0 Å². The average molecular weight is 269 g/mol. The van der Waals surface area contributed by atoms with Crippen molar-refractivity contribution in [1.82, 2.24) is 0 Å². The zero-order valence-electron chi connectivity index (χ0n) is 9.29. The van der Waals surface area contributed by atoms with Crippen molar-refractivity contribution >= 4 is 17.4 Å². The second-order valence-electron chi connectivity index (χ2n) is 3.76. The standard InChI is InChI=1S/C13H10F3NS/c14-9-3-8(4-10(15)5-9)7-18-13-2-1-11(17)6-12(13)16/h1-6H,7,17H2. The quantitative estimate of drug-likeness (QED) is 0.673. The average Bonchev–Trinajstić information content (AvgIpc) is 2.26. The molecule has 0 bridgehead atoms. The van der Waals surface area contributed by atoms with Gasteiger partial charge in [0.25, 0.3) is 0 Å². The first-order valence-corrected chi connectivity index (χ1v) is 6.16. The van der Waals surface area contributed by atoms with Crippen molar-refractivity contribution in [3.8, 4) is 0 Å². The van der Waals surface area contributed by atoms with Crippen molar-refractivity contribution in [2.75, 3.05) is 5.73 Å². The molecule has 0 aliphatic heterocycles. The number of nitrogens with two attached hydrogens (primary N) is 1. The molecule has 18 heavy (non-hydrogen) atoms. The Morgan fingerprint density at radius 1 is 0.944 bits per heavy atom. The molecule has 0 aliphatic carbocycles. The summed E-state index contributed by atoms with van der Waals surface area (Å²) in [7, 11) is 0. The van der Waals surface area contributed by atoms with E-state index in [9.17, 15) is 13.2 Å². The van der Waals surface area contributed by atoms with Gasteiger partial charge in [-0.15, -0.1) is 11.8 Å². The van der Waals surface area contributed by atoms with Gasteiger partial charge >= 0.3 is 0 Å². The minimum Gasteiger partial charge on any atom is -0.399 e. The molecule has 2 aromatic carbocycles. The highest BCUT2D eigenvalue weighted by molar-refractivity contribution is 7.98. The van der Waals surface area contributed by atoms with E-state index in [-0.39, 0.29) is 5.75 Å². The molecule has 0 atom stereocenters. The first kappa shape index (κ1) is 12.8. The van der Waals surface area contributed by atoms with Crippen LogP contribution in [0, 0.1) is 17.5 Å². The van der Waals surface area contributed by atoms with Crippen molar-refractivity contribution in [1.29, 1.82) is 0 Å². The number of nitrogen functional groups attached to an aromatic ring is 1. The highest BCUT2D eigenvalue weighted by atomic mass is 32.2. The van der Waals surface area contributed by atoms with Crippen LogP contribution in [-0.4, -0.2) is 0 Å². The van der Waals surface area contributed by atoms with Crippen molar-refractivity contribution in [3.63, 3.8) is 0 Å². The summed E-state index contributed by atoms with van der Waals surface area (Å²) in [6.07, 6.45) is 0. The van der Waals surface area contributed by atoms with Gasteiger partial charge in [0.05, 0.1) is 0 Å². The SMILES string of the molecule is Nc1ccc(SCc2cc(F)cc(F)c2)c(F)c1. The third-order valence-electron chi connectivity index (χ3n) is 2.27. The smallest absolute Gasteiger partial charge is 0.138 e. The Balaban J connectivity index is 2.11. The fourth-order valence-corrected chi connectivity index (χ4v) is 2.34. The van der Waals surface area contributed by atoms with E-state index in [0.717, 1.165) is 17.8 Å². The molecule has 0 spiro atoms. The van der Waals surface area contributed by atoms with Crippen LogP contribution in [0.3, 0.4) is 0 Å². The van der Waals surface area contributed by atoms with E-state index < -0.39 is 17.5 Å². The molecule has 0 aromatic heterocycles. The van der Waals surface area contributed by atoms with Gasteiger partial charge < -0.3 is 5.73 Å². The highest BCUT2D eigenvalue weighted by Gasteiger charge is 2.05. The van der Waals surface area contributed by atoms with E-state index in [1.807, 2.05) is 0 Å². The Morgan fingerprint density at radius 3 is 2.22 bits per heavy atom. The molecule has 1 nitrogen and oxygen atoms in total.